The lowest BCUT2D eigenvalue weighted by Gasteiger charge is -2.49. The number of aromatic nitrogens is 1. The van der Waals surface area contributed by atoms with Crippen molar-refractivity contribution in [1.82, 2.24) is 14.4 Å². The van der Waals surface area contributed by atoms with E-state index in [2.05, 4.69) is 5.32 Å². The third-order valence-electron chi connectivity index (χ3n) is 17.1. The van der Waals surface area contributed by atoms with Crippen molar-refractivity contribution in [2.75, 3.05) is 66.5 Å². The largest absolute Gasteiger partial charge is 0.462 e. The van der Waals surface area contributed by atoms with Gasteiger partial charge in [0.25, 0.3) is 0 Å². The third kappa shape index (κ3) is 15.5. The van der Waals surface area contributed by atoms with Crippen LogP contribution in [-0.2, 0) is 52.2 Å². The van der Waals surface area contributed by atoms with E-state index < -0.39 is 108 Å². The van der Waals surface area contributed by atoms with Gasteiger partial charge in [0.15, 0.2) is 18.7 Å². The van der Waals surface area contributed by atoms with Crippen molar-refractivity contribution < 1.29 is 77.4 Å². The minimum absolute atomic E-state index is 0.0132. The van der Waals surface area contributed by atoms with Crippen LogP contribution in [0.1, 0.15) is 144 Å². The zero-order chi connectivity index (χ0) is 59.2. The summed E-state index contributed by atoms with van der Waals surface area (Å²) < 4.78 is 58.0. The summed E-state index contributed by atoms with van der Waals surface area (Å²) in [6.45, 7) is 20.7. The molecule has 0 bridgehead atoms. The summed E-state index contributed by atoms with van der Waals surface area (Å²) in [5, 5.41) is 51.9. The Hall–Kier alpha value is -3.84. The maximum absolute atomic E-state index is 14.6. The Morgan fingerprint density at radius 2 is 1.62 bits per heavy atom. The van der Waals surface area contributed by atoms with Crippen LogP contribution in [0.15, 0.2) is 29.2 Å². The Labute approximate surface area is 473 Å². The summed E-state index contributed by atoms with van der Waals surface area (Å²) in [5.41, 5.74) is -3.64. The summed E-state index contributed by atoms with van der Waals surface area (Å²) in [5.74, 6) is -4.07. The Morgan fingerprint density at radius 1 is 0.925 bits per heavy atom. The smallest absolute Gasteiger partial charge is 0.343 e. The maximum atomic E-state index is 14.6. The van der Waals surface area contributed by atoms with Gasteiger partial charge in [0.2, 0.25) is 5.43 Å². The van der Waals surface area contributed by atoms with Crippen molar-refractivity contribution in [2.24, 2.45) is 17.8 Å². The summed E-state index contributed by atoms with van der Waals surface area (Å²) in [4.78, 5) is 58.3. The number of likely N-dealkylation sites (N-methyl/N-ethyl adjacent to an activating group) is 2. The number of fused-ring (bicyclic) bond motifs is 1. The maximum Gasteiger partial charge on any atom is 0.343 e. The van der Waals surface area contributed by atoms with Crippen molar-refractivity contribution >= 4 is 34.5 Å². The van der Waals surface area contributed by atoms with Crippen LogP contribution in [0.5, 0.6) is 0 Å². The molecule has 80 heavy (non-hydrogen) atoms. The molecular weight excluding hydrogens is 1040 g/mol. The predicted octanol–water partition coefficient (Wildman–Crippen LogP) is 5.19. The van der Waals surface area contributed by atoms with Crippen LogP contribution in [0.4, 0.5) is 5.69 Å². The molecule has 21 heteroatoms. The minimum Gasteiger partial charge on any atom is -0.462 e. The molecule has 0 amide bonds. The quantitative estimate of drug-likeness (QED) is 0.0689. The number of hydrogen-bond donors (Lipinski definition) is 5. The third-order valence-corrected chi connectivity index (χ3v) is 17.1. The van der Waals surface area contributed by atoms with E-state index in [1.54, 1.807) is 60.7 Å². The Bertz CT molecular complexity index is 2430. The predicted molar refractivity (Wildman–Crippen MR) is 299 cm³/mol. The average molecular weight is 1130 g/mol. The van der Waals surface area contributed by atoms with E-state index in [-0.39, 0.29) is 80.6 Å². The summed E-state index contributed by atoms with van der Waals surface area (Å²) in [6.07, 6.45) is -5.06. The van der Waals surface area contributed by atoms with Crippen molar-refractivity contribution in [2.45, 2.75) is 224 Å². The Morgan fingerprint density at radius 3 is 2.26 bits per heavy atom. The molecule has 1 aromatic heterocycles. The summed E-state index contributed by atoms with van der Waals surface area (Å²) in [6, 6.07) is 4.79. The van der Waals surface area contributed by atoms with E-state index in [0.717, 1.165) is 18.4 Å². The monoisotopic (exact) mass is 1130 g/mol. The number of carbonyl (C=O) groups is 3. The highest BCUT2D eigenvalue weighted by molar-refractivity contribution is 5.94. The minimum atomic E-state index is -1.87. The summed E-state index contributed by atoms with van der Waals surface area (Å²) in [7, 11) is 7.07. The van der Waals surface area contributed by atoms with E-state index in [1.165, 1.54) is 14.0 Å². The number of ether oxygens (including phenoxy) is 9. The van der Waals surface area contributed by atoms with Crippen LogP contribution < -0.4 is 10.7 Å². The fourth-order valence-electron chi connectivity index (χ4n) is 12.2. The molecule has 4 fully saturated rings. The molecule has 0 radical (unpaired) electrons. The molecule has 4 aliphatic rings. The molecule has 0 unspecified atom stereocenters. The molecule has 18 atom stereocenters. The molecule has 4 heterocycles. The molecule has 2 aromatic rings. The highest BCUT2D eigenvalue weighted by Gasteiger charge is 2.54. The van der Waals surface area contributed by atoms with E-state index in [9.17, 15) is 39.6 Å². The number of benzene rings is 1. The molecule has 5 N–H and O–H groups in total. The number of hydrogen-bond acceptors (Lipinski definition) is 20. The second-order valence-corrected chi connectivity index (χ2v) is 24.3. The van der Waals surface area contributed by atoms with Crippen molar-refractivity contribution in [3.8, 4) is 0 Å². The van der Waals surface area contributed by atoms with Crippen molar-refractivity contribution in [1.29, 1.82) is 0 Å². The first-order valence-electron chi connectivity index (χ1n) is 29.0. The fraction of sp³-hybridized carbons (Fsp3) is 0.797. The lowest BCUT2D eigenvalue weighted by molar-refractivity contribution is -0.318. The van der Waals surface area contributed by atoms with Gasteiger partial charge in [-0.25, -0.2) is 4.79 Å². The van der Waals surface area contributed by atoms with Crippen LogP contribution in [0, 0.1) is 17.8 Å². The first kappa shape index (κ1) is 65.3. The van der Waals surface area contributed by atoms with Crippen LogP contribution in [0.3, 0.4) is 0 Å². The first-order chi connectivity index (χ1) is 37.6. The topological polar surface area (TPSA) is 256 Å². The van der Waals surface area contributed by atoms with Gasteiger partial charge >= 0.3 is 17.9 Å². The molecule has 3 saturated heterocycles. The van der Waals surface area contributed by atoms with Gasteiger partial charge in [-0.3, -0.25) is 14.4 Å². The molecule has 1 aromatic carbocycles. The second-order valence-electron chi connectivity index (χ2n) is 24.3. The number of pyridine rings is 1. The number of carbonyl (C=O) groups excluding carboxylic acids is 3. The van der Waals surface area contributed by atoms with E-state index >= 15 is 0 Å². The number of aliphatic hydroxyl groups excluding tert-OH is 2. The molecular formula is C59H96N4O17. The number of anilines is 1. The fourth-order valence-corrected chi connectivity index (χ4v) is 12.2. The van der Waals surface area contributed by atoms with Crippen LogP contribution in [0.2, 0.25) is 0 Å². The number of methoxy groups -OCH3 is 1. The number of cyclic esters (lactones) is 1. The Kier molecular flexibility index (Phi) is 22.6. The van der Waals surface area contributed by atoms with Crippen LogP contribution >= 0.6 is 0 Å². The Balaban J connectivity index is 1.16. The zero-order valence-corrected chi connectivity index (χ0v) is 50.2. The highest BCUT2D eigenvalue weighted by Crippen LogP contribution is 2.42. The highest BCUT2D eigenvalue weighted by atomic mass is 16.7. The number of rotatable bonds is 19. The zero-order valence-electron chi connectivity index (χ0n) is 50.2. The van der Waals surface area contributed by atoms with Gasteiger partial charge in [0, 0.05) is 67.9 Å². The molecule has 3 aliphatic heterocycles. The van der Waals surface area contributed by atoms with Crippen LogP contribution in [-0.4, -0.2) is 204 Å². The molecule has 21 nitrogen and oxygen atoms in total. The lowest BCUT2D eigenvalue weighted by Crippen LogP contribution is -2.61. The van der Waals surface area contributed by atoms with Gasteiger partial charge in [0.05, 0.1) is 67.7 Å². The standard InChI is InChI=1S/C59H96N4O17/c1-16-24-74-55(69)42-32-63(40-19-20-40)43-21-18-39(28-41(43)48(42)65)60-23-26-73-25-22-46(64)78-53-38(8)76-47(30-58(53,10)72-15)79-50-35(5)52(80-56-49(66)44(61(12)13)27-34(4)75-56)57(9,70)29-33(3)31-62(14)37(7)51(67)59(11,71)45(17-2)77-54(68)36(50)6/h18,21,28,32-38,40,44-45,47,49-53,56,60,66-67,70-71H,16-17,19-20,22-27,29-31H2,1-15H3/t33-,34-,35+,36-,37-,38+,44+,45-,47+,49+,50+,51-,52-,53+,56+,57-,58-,59-/m1/s1. The molecule has 1 aliphatic carbocycles. The molecule has 0 spiro atoms. The normalized spacial score (nSPS) is 37.1. The van der Waals surface area contributed by atoms with Crippen LogP contribution in [0.25, 0.3) is 10.9 Å². The van der Waals surface area contributed by atoms with Gasteiger partial charge in [-0.1, -0.05) is 27.7 Å². The number of nitrogens with one attached hydrogen (secondary N) is 1. The van der Waals surface area contributed by atoms with Gasteiger partial charge in [-0.05, 0) is 132 Å². The lowest BCUT2D eigenvalue weighted by atomic mass is 9.77. The number of esters is 3. The van der Waals surface area contributed by atoms with Gasteiger partial charge in [-0.2, -0.15) is 0 Å². The average Bonchev–Trinajstić information content (AvgIpc) is 4.31. The van der Waals surface area contributed by atoms with Crippen molar-refractivity contribution in [3.63, 3.8) is 0 Å². The van der Waals surface area contributed by atoms with Gasteiger partial charge in [-0.15, -0.1) is 0 Å². The van der Waals surface area contributed by atoms with Crippen molar-refractivity contribution in [3.05, 3.63) is 40.2 Å². The molecule has 1 saturated carbocycles. The second kappa shape index (κ2) is 27.7. The van der Waals surface area contributed by atoms with Gasteiger partial charge in [0.1, 0.15) is 35.1 Å². The first-order valence-corrected chi connectivity index (χ1v) is 29.0. The number of nitrogens with zero attached hydrogens (tertiary/aromatic N) is 3. The number of aliphatic hydroxyl groups is 4. The van der Waals surface area contributed by atoms with Gasteiger partial charge < -0.3 is 82.7 Å². The molecule has 6 rings (SSSR count). The SMILES string of the molecule is CCCOC(=O)c1cn(C2CC2)c2ccc(NCCOCCC(=O)O[C@H]3[C@H](C)O[C@@H](O[C@H]4[C@H](C)[C@@H](O[C@@H]5O[C@H](C)C[C@H](N(C)C)[C@@H]5O)[C@](C)(O)C[C@@H](C)CN(C)[C@H](C)[C@@H](O)[C@](C)(O)[C@@H](CC)OC(=O)[C@@H]4C)C[C@@]3(C)OC)cc2c1=O. The van der Waals surface area contributed by atoms with E-state index in [4.69, 9.17) is 42.6 Å². The van der Waals surface area contributed by atoms with E-state index in [0.29, 0.717) is 37.0 Å². The summed E-state index contributed by atoms with van der Waals surface area (Å²) >= 11 is 0. The molecule has 454 valence electrons. The van der Waals surface area contributed by atoms with E-state index in [1.807, 2.05) is 68.4 Å².